The molecular formula is C11H15N3O2. The first kappa shape index (κ1) is 11.0. The van der Waals surface area contributed by atoms with Gasteiger partial charge >= 0.3 is 0 Å². The molecule has 0 bridgehead atoms. The molecule has 1 unspecified atom stereocenters. The van der Waals surface area contributed by atoms with Crippen LogP contribution in [0.25, 0.3) is 0 Å². The number of aromatic nitrogens is 2. The third-order valence-corrected chi connectivity index (χ3v) is 2.66. The fourth-order valence-corrected chi connectivity index (χ4v) is 1.72. The predicted molar refractivity (Wildman–Crippen MR) is 58.0 cm³/mol. The number of nitrogens with zero attached hydrogens (tertiary/aromatic N) is 3. The molecule has 1 fully saturated rings. The Morgan fingerprint density at radius 1 is 1.62 bits per heavy atom. The van der Waals surface area contributed by atoms with E-state index in [4.69, 9.17) is 4.74 Å². The van der Waals surface area contributed by atoms with Gasteiger partial charge in [0, 0.05) is 25.5 Å². The minimum absolute atomic E-state index is 0.0603. The van der Waals surface area contributed by atoms with Gasteiger partial charge in [0.25, 0.3) is 5.91 Å². The smallest absolute Gasteiger partial charge is 0.274 e. The summed E-state index contributed by atoms with van der Waals surface area (Å²) in [6.45, 7) is 3.93. The van der Waals surface area contributed by atoms with E-state index in [9.17, 15) is 4.79 Å². The molecular weight excluding hydrogens is 206 g/mol. The lowest BCUT2D eigenvalue weighted by Gasteiger charge is -2.32. The number of amides is 1. The normalized spacial score (nSPS) is 20.8. The van der Waals surface area contributed by atoms with Gasteiger partial charge in [0.15, 0.2) is 0 Å². The van der Waals surface area contributed by atoms with Gasteiger partial charge in [-0.05, 0) is 6.42 Å². The fraction of sp³-hybridized carbons (Fsp3) is 0.545. The second-order valence-corrected chi connectivity index (χ2v) is 3.74. The monoisotopic (exact) mass is 221 g/mol. The van der Waals surface area contributed by atoms with Crippen LogP contribution in [0.2, 0.25) is 0 Å². The summed E-state index contributed by atoms with van der Waals surface area (Å²) in [5.41, 5.74) is 0.402. The molecule has 1 atom stereocenters. The van der Waals surface area contributed by atoms with Crippen molar-refractivity contribution in [3.63, 3.8) is 0 Å². The number of hydrogen-bond acceptors (Lipinski definition) is 4. The highest BCUT2D eigenvalue weighted by Crippen LogP contribution is 2.10. The van der Waals surface area contributed by atoms with E-state index in [1.165, 1.54) is 12.4 Å². The average molecular weight is 221 g/mol. The van der Waals surface area contributed by atoms with Crippen molar-refractivity contribution in [1.82, 2.24) is 14.9 Å². The zero-order valence-electron chi connectivity index (χ0n) is 9.30. The summed E-state index contributed by atoms with van der Waals surface area (Å²) in [5, 5.41) is 0. The van der Waals surface area contributed by atoms with Crippen molar-refractivity contribution in [2.45, 2.75) is 19.4 Å². The number of morpholine rings is 1. The Morgan fingerprint density at radius 3 is 3.19 bits per heavy atom. The van der Waals surface area contributed by atoms with Crippen LogP contribution in [0.15, 0.2) is 18.6 Å². The van der Waals surface area contributed by atoms with Gasteiger partial charge in [-0.15, -0.1) is 0 Å². The maximum absolute atomic E-state index is 12.0. The van der Waals surface area contributed by atoms with Crippen LogP contribution >= 0.6 is 0 Å². The van der Waals surface area contributed by atoms with E-state index in [2.05, 4.69) is 16.9 Å². The van der Waals surface area contributed by atoms with Crippen LogP contribution in [0.5, 0.6) is 0 Å². The molecule has 1 aliphatic rings. The first-order valence-corrected chi connectivity index (χ1v) is 5.48. The summed E-state index contributed by atoms with van der Waals surface area (Å²) in [4.78, 5) is 21.7. The van der Waals surface area contributed by atoms with Crippen molar-refractivity contribution in [2.24, 2.45) is 0 Å². The topological polar surface area (TPSA) is 55.3 Å². The van der Waals surface area contributed by atoms with Crippen LogP contribution < -0.4 is 0 Å². The van der Waals surface area contributed by atoms with E-state index < -0.39 is 0 Å². The van der Waals surface area contributed by atoms with Gasteiger partial charge in [-0.2, -0.15) is 0 Å². The lowest BCUT2D eigenvalue weighted by Crippen LogP contribution is -2.45. The minimum atomic E-state index is -0.0603. The Bertz CT molecular complexity index is 356. The highest BCUT2D eigenvalue weighted by molar-refractivity contribution is 5.92. The van der Waals surface area contributed by atoms with E-state index >= 15 is 0 Å². The first-order valence-electron chi connectivity index (χ1n) is 5.48. The molecule has 86 valence electrons. The molecule has 1 aromatic heterocycles. The standard InChI is InChI=1S/C11H15N3O2/c1-2-9-8-14(5-6-16-9)11(15)10-7-12-3-4-13-10/h3-4,7,9H,2,5-6,8H2,1H3. The van der Waals surface area contributed by atoms with E-state index in [1.54, 1.807) is 11.1 Å². The molecule has 1 amide bonds. The first-order chi connectivity index (χ1) is 7.81. The van der Waals surface area contributed by atoms with Gasteiger partial charge in [-0.1, -0.05) is 6.92 Å². The zero-order chi connectivity index (χ0) is 11.4. The molecule has 5 nitrogen and oxygen atoms in total. The molecule has 0 aromatic carbocycles. The second kappa shape index (κ2) is 5.03. The maximum Gasteiger partial charge on any atom is 0.274 e. The highest BCUT2D eigenvalue weighted by atomic mass is 16.5. The maximum atomic E-state index is 12.0. The molecule has 0 radical (unpaired) electrons. The van der Waals surface area contributed by atoms with Crippen molar-refractivity contribution in [3.8, 4) is 0 Å². The number of ether oxygens (including phenoxy) is 1. The van der Waals surface area contributed by atoms with Gasteiger partial charge in [0.2, 0.25) is 0 Å². The molecule has 1 saturated heterocycles. The fourth-order valence-electron chi connectivity index (χ4n) is 1.72. The number of carbonyl (C=O) groups excluding carboxylic acids is 1. The number of rotatable bonds is 2. The molecule has 0 saturated carbocycles. The molecule has 0 N–H and O–H groups in total. The number of hydrogen-bond donors (Lipinski definition) is 0. The quantitative estimate of drug-likeness (QED) is 0.738. The van der Waals surface area contributed by atoms with E-state index in [-0.39, 0.29) is 12.0 Å². The van der Waals surface area contributed by atoms with Crippen LogP contribution in [0, 0.1) is 0 Å². The van der Waals surface area contributed by atoms with E-state index in [1.807, 2.05) is 0 Å². The lowest BCUT2D eigenvalue weighted by molar-refractivity contribution is -0.0228. The van der Waals surface area contributed by atoms with Crippen molar-refractivity contribution < 1.29 is 9.53 Å². The molecule has 1 aromatic rings. The van der Waals surface area contributed by atoms with Crippen molar-refractivity contribution in [2.75, 3.05) is 19.7 Å². The predicted octanol–water partition coefficient (Wildman–Crippen LogP) is 0.728. The summed E-state index contributed by atoms with van der Waals surface area (Å²) in [7, 11) is 0. The van der Waals surface area contributed by atoms with Gasteiger partial charge < -0.3 is 9.64 Å². The summed E-state index contributed by atoms with van der Waals surface area (Å²) in [6, 6.07) is 0. The highest BCUT2D eigenvalue weighted by Gasteiger charge is 2.24. The van der Waals surface area contributed by atoms with Crippen molar-refractivity contribution in [3.05, 3.63) is 24.3 Å². The third-order valence-electron chi connectivity index (χ3n) is 2.66. The molecule has 1 aliphatic heterocycles. The van der Waals surface area contributed by atoms with Crippen molar-refractivity contribution in [1.29, 1.82) is 0 Å². The second-order valence-electron chi connectivity index (χ2n) is 3.74. The molecule has 0 spiro atoms. The Kier molecular flexibility index (Phi) is 3.46. The molecule has 16 heavy (non-hydrogen) atoms. The van der Waals surface area contributed by atoms with Gasteiger partial charge in [-0.25, -0.2) is 4.98 Å². The molecule has 5 heteroatoms. The zero-order valence-corrected chi connectivity index (χ0v) is 9.30. The van der Waals surface area contributed by atoms with Crippen LogP contribution in [0.3, 0.4) is 0 Å². The SMILES string of the molecule is CCC1CN(C(=O)c2cnccn2)CCO1. The Labute approximate surface area is 94.5 Å². The summed E-state index contributed by atoms with van der Waals surface area (Å²) in [6.07, 6.45) is 5.66. The molecule has 0 aliphatic carbocycles. The van der Waals surface area contributed by atoms with Gasteiger partial charge in [-0.3, -0.25) is 9.78 Å². The summed E-state index contributed by atoms with van der Waals surface area (Å²) < 4.78 is 5.51. The Morgan fingerprint density at radius 2 is 2.50 bits per heavy atom. The van der Waals surface area contributed by atoms with Crippen LogP contribution in [0.1, 0.15) is 23.8 Å². The Balaban J connectivity index is 2.05. The molecule has 2 rings (SSSR count). The van der Waals surface area contributed by atoms with E-state index in [0.29, 0.717) is 25.4 Å². The Hall–Kier alpha value is -1.49. The average Bonchev–Trinajstić information content (AvgIpc) is 2.39. The van der Waals surface area contributed by atoms with Crippen LogP contribution in [-0.2, 0) is 4.74 Å². The minimum Gasteiger partial charge on any atom is -0.375 e. The summed E-state index contributed by atoms with van der Waals surface area (Å²) >= 11 is 0. The number of carbonyl (C=O) groups is 1. The van der Waals surface area contributed by atoms with Crippen molar-refractivity contribution >= 4 is 5.91 Å². The third kappa shape index (κ3) is 2.36. The van der Waals surface area contributed by atoms with Crippen LogP contribution in [-0.4, -0.2) is 46.6 Å². The summed E-state index contributed by atoms with van der Waals surface area (Å²) in [5.74, 6) is -0.0603. The largest absolute Gasteiger partial charge is 0.375 e. The van der Waals surface area contributed by atoms with Crippen LogP contribution in [0.4, 0.5) is 0 Å². The van der Waals surface area contributed by atoms with Gasteiger partial charge in [0.05, 0.1) is 18.9 Å². The van der Waals surface area contributed by atoms with Gasteiger partial charge in [0.1, 0.15) is 5.69 Å². The van der Waals surface area contributed by atoms with E-state index in [0.717, 1.165) is 6.42 Å². The molecule has 2 heterocycles. The lowest BCUT2D eigenvalue weighted by atomic mass is 10.2.